The third-order valence-electron chi connectivity index (χ3n) is 7.46. The van der Waals surface area contributed by atoms with Gasteiger partial charge in [-0.25, -0.2) is 10.2 Å². The van der Waals surface area contributed by atoms with E-state index in [0.29, 0.717) is 13.2 Å². The number of benzene rings is 1. The van der Waals surface area contributed by atoms with Crippen molar-refractivity contribution in [1.29, 1.82) is 0 Å². The van der Waals surface area contributed by atoms with E-state index in [1.54, 1.807) is 8.97 Å². The number of allylic oxidation sites excluding steroid dienone is 2. The standard InChI is InChI=1S/C26H31N5O2/c1-28-19-31(21-9-3-2-4-10-21)27-24(28)15-26(17-33-18-26)20-8-7-12-22(14-20)30-16-23-11-5-6-13-29(23)25(30)32/h5-9,11-14,16,24,27H,2-4,10,15,17-19H2,1H3. The van der Waals surface area contributed by atoms with Crippen molar-refractivity contribution in [3.05, 3.63) is 82.7 Å². The lowest BCUT2D eigenvalue weighted by Crippen LogP contribution is -2.52. The van der Waals surface area contributed by atoms with Crippen molar-refractivity contribution < 1.29 is 4.74 Å². The molecule has 2 aromatic heterocycles. The summed E-state index contributed by atoms with van der Waals surface area (Å²) < 4.78 is 9.18. The first-order valence-corrected chi connectivity index (χ1v) is 11.9. The fraction of sp³-hybridized carbons (Fsp3) is 0.423. The number of rotatable bonds is 5. The van der Waals surface area contributed by atoms with Crippen molar-refractivity contribution in [3.63, 3.8) is 0 Å². The van der Waals surface area contributed by atoms with E-state index < -0.39 is 0 Å². The van der Waals surface area contributed by atoms with Gasteiger partial charge in [-0.1, -0.05) is 24.3 Å². The summed E-state index contributed by atoms with van der Waals surface area (Å²) in [6.07, 6.45) is 12.2. The third-order valence-corrected chi connectivity index (χ3v) is 7.46. The average Bonchev–Trinajstić information content (AvgIpc) is 3.37. The van der Waals surface area contributed by atoms with E-state index in [-0.39, 0.29) is 17.3 Å². The monoisotopic (exact) mass is 445 g/mol. The lowest BCUT2D eigenvalue weighted by atomic mass is 9.74. The molecule has 3 aliphatic rings. The maximum Gasteiger partial charge on any atom is 0.337 e. The Labute approximate surface area is 193 Å². The summed E-state index contributed by atoms with van der Waals surface area (Å²) >= 11 is 0. The molecule has 172 valence electrons. The number of hydrazine groups is 1. The van der Waals surface area contributed by atoms with Gasteiger partial charge in [-0.05, 0) is 69.0 Å². The molecule has 1 atom stereocenters. The Morgan fingerprint density at radius 2 is 2.06 bits per heavy atom. The van der Waals surface area contributed by atoms with Crippen LogP contribution >= 0.6 is 0 Å². The zero-order chi connectivity index (χ0) is 22.4. The van der Waals surface area contributed by atoms with Gasteiger partial charge in [0.15, 0.2) is 0 Å². The van der Waals surface area contributed by atoms with Crippen LogP contribution in [0.5, 0.6) is 0 Å². The van der Waals surface area contributed by atoms with Crippen LogP contribution in [0.4, 0.5) is 0 Å². The molecule has 1 aromatic carbocycles. The van der Waals surface area contributed by atoms with Crippen LogP contribution in [0.2, 0.25) is 0 Å². The molecule has 6 rings (SSSR count). The van der Waals surface area contributed by atoms with Crippen molar-refractivity contribution in [2.75, 3.05) is 26.9 Å². The fourth-order valence-corrected chi connectivity index (χ4v) is 5.41. The molecule has 3 aromatic rings. The molecular weight excluding hydrogens is 414 g/mol. The number of fused-ring (bicyclic) bond motifs is 1. The summed E-state index contributed by atoms with van der Waals surface area (Å²) in [7, 11) is 2.19. The van der Waals surface area contributed by atoms with Crippen LogP contribution in [0.15, 0.2) is 71.4 Å². The molecule has 2 fully saturated rings. The Bertz CT molecular complexity index is 1250. The van der Waals surface area contributed by atoms with Gasteiger partial charge in [0.05, 0.1) is 37.3 Å². The third kappa shape index (κ3) is 3.60. The smallest absolute Gasteiger partial charge is 0.337 e. The topological polar surface area (TPSA) is 54.2 Å². The summed E-state index contributed by atoms with van der Waals surface area (Å²) in [5, 5.41) is 2.33. The van der Waals surface area contributed by atoms with E-state index in [2.05, 4.69) is 46.7 Å². The van der Waals surface area contributed by atoms with Crippen molar-refractivity contribution in [1.82, 2.24) is 24.3 Å². The minimum absolute atomic E-state index is 0.0461. The second kappa shape index (κ2) is 8.17. The lowest BCUT2D eigenvalue weighted by molar-refractivity contribution is -0.0739. The molecular formula is C26H31N5O2. The predicted octanol–water partition coefficient (Wildman–Crippen LogP) is 3.24. The maximum atomic E-state index is 13.0. The van der Waals surface area contributed by atoms with Crippen molar-refractivity contribution in [2.45, 2.75) is 43.7 Å². The molecule has 0 bridgehead atoms. The van der Waals surface area contributed by atoms with Crippen LogP contribution in [0, 0.1) is 0 Å². The van der Waals surface area contributed by atoms with E-state index >= 15 is 0 Å². The second-order valence-corrected chi connectivity index (χ2v) is 9.72. The highest BCUT2D eigenvalue weighted by atomic mass is 16.5. The molecule has 1 unspecified atom stereocenters. The van der Waals surface area contributed by atoms with Gasteiger partial charge in [0.2, 0.25) is 0 Å². The van der Waals surface area contributed by atoms with E-state index in [9.17, 15) is 4.79 Å². The largest absolute Gasteiger partial charge is 0.379 e. The summed E-state index contributed by atoms with van der Waals surface area (Å²) in [5.74, 6) is 0. The van der Waals surface area contributed by atoms with Crippen LogP contribution in [0.3, 0.4) is 0 Å². The number of aromatic nitrogens is 2. The molecule has 2 aliphatic heterocycles. The minimum Gasteiger partial charge on any atom is -0.379 e. The van der Waals surface area contributed by atoms with Gasteiger partial charge in [0.1, 0.15) is 0 Å². The van der Waals surface area contributed by atoms with E-state index in [1.165, 1.54) is 30.5 Å². The molecule has 1 N–H and O–H groups in total. The van der Waals surface area contributed by atoms with Gasteiger partial charge in [-0.3, -0.25) is 18.9 Å². The van der Waals surface area contributed by atoms with Gasteiger partial charge in [0, 0.05) is 23.5 Å². The highest BCUT2D eigenvalue weighted by Crippen LogP contribution is 2.39. The van der Waals surface area contributed by atoms with Gasteiger partial charge in [0.25, 0.3) is 0 Å². The van der Waals surface area contributed by atoms with Gasteiger partial charge in [-0.15, -0.1) is 0 Å². The number of nitrogens with zero attached hydrogens (tertiary/aromatic N) is 4. The van der Waals surface area contributed by atoms with Crippen LogP contribution in [0.1, 0.15) is 37.7 Å². The van der Waals surface area contributed by atoms with Crippen LogP contribution in [-0.2, 0) is 10.2 Å². The number of imidazole rings is 1. The zero-order valence-corrected chi connectivity index (χ0v) is 19.1. The summed E-state index contributed by atoms with van der Waals surface area (Å²) in [5.41, 5.74) is 8.11. The van der Waals surface area contributed by atoms with Gasteiger partial charge < -0.3 is 4.74 Å². The van der Waals surface area contributed by atoms with E-state index in [0.717, 1.165) is 30.7 Å². The first kappa shape index (κ1) is 20.7. The number of hydrogen-bond acceptors (Lipinski definition) is 5. The minimum atomic E-state index is -0.0539. The van der Waals surface area contributed by atoms with Crippen LogP contribution in [0.25, 0.3) is 11.2 Å². The Kier molecular flexibility index (Phi) is 5.13. The SMILES string of the molecule is CN1CN(C2=CCCCC2)NC1CC1(c2cccc(-n3cc4ccccn4c3=O)c2)COC1. The number of pyridine rings is 1. The second-order valence-electron chi connectivity index (χ2n) is 9.72. The predicted molar refractivity (Wildman–Crippen MR) is 128 cm³/mol. The molecule has 0 saturated carbocycles. The molecule has 33 heavy (non-hydrogen) atoms. The molecule has 0 amide bonds. The Balaban J connectivity index is 1.27. The Morgan fingerprint density at radius 3 is 2.82 bits per heavy atom. The van der Waals surface area contributed by atoms with Crippen molar-refractivity contribution in [2.24, 2.45) is 0 Å². The van der Waals surface area contributed by atoms with Crippen LogP contribution < -0.4 is 11.1 Å². The normalized spacial score (nSPS) is 23.0. The highest BCUT2D eigenvalue weighted by molar-refractivity contribution is 5.49. The maximum absolute atomic E-state index is 13.0. The van der Waals surface area contributed by atoms with Crippen LogP contribution in [-0.4, -0.2) is 52.0 Å². The quantitative estimate of drug-likeness (QED) is 0.654. The molecule has 0 spiro atoms. The summed E-state index contributed by atoms with van der Waals surface area (Å²) in [6, 6.07) is 14.2. The van der Waals surface area contributed by atoms with Gasteiger partial charge >= 0.3 is 5.69 Å². The number of ether oxygens (including phenoxy) is 1. The number of hydrogen-bond donors (Lipinski definition) is 1. The molecule has 7 heteroatoms. The Hall–Kier alpha value is -2.87. The first-order chi connectivity index (χ1) is 16.1. The molecule has 0 radical (unpaired) electrons. The zero-order valence-electron chi connectivity index (χ0n) is 19.1. The lowest BCUT2D eigenvalue weighted by Gasteiger charge is -2.44. The van der Waals surface area contributed by atoms with E-state index in [4.69, 9.17) is 4.74 Å². The molecule has 4 heterocycles. The average molecular weight is 446 g/mol. The highest BCUT2D eigenvalue weighted by Gasteiger charge is 2.45. The van der Waals surface area contributed by atoms with Gasteiger partial charge in [-0.2, -0.15) is 0 Å². The first-order valence-electron chi connectivity index (χ1n) is 11.9. The summed E-state index contributed by atoms with van der Waals surface area (Å²) in [6.45, 7) is 2.32. The summed E-state index contributed by atoms with van der Waals surface area (Å²) in [4.78, 5) is 15.3. The van der Waals surface area contributed by atoms with E-state index in [1.807, 2.05) is 36.7 Å². The fourth-order valence-electron chi connectivity index (χ4n) is 5.41. The molecule has 2 saturated heterocycles. The Morgan fingerprint density at radius 1 is 1.15 bits per heavy atom. The van der Waals surface area contributed by atoms with Crippen molar-refractivity contribution >= 4 is 5.52 Å². The number of nitrogens with one attached hydrogen (secondary N) is 1. The van der Waals surface area contributed by atoms with Crippen molar-refractivity contribution in [3.8, 4) is 5.69 Å². The molecule has 7 nitrogen and oxygen atoms in total. The molecule has 1 aliphatic carbocycles.